The summed E-state index contributed by atoms with van der Waals surface area (Å²) >= 11 is 0. The zero-order valence-corrected chi connectivity index (χ0v) is 9.16. The Bertz CT molecular complexity index is 150. The fraction of sp³-hybridized carbons (Fsp3) is 0.900. The lowest BCUT2D eigenvalue weighted by molar-refractivity contribution is -0.141. The number of carbonyl (C=O) groups is 1. The molecule has 0 heterocycles. The van der Waals surface area contributed by atoms with Crippen molar-refractivity contribution in [1.82, 2.24) is 4.90 Å². The summed E-state index contributed by atoms with van der Waals surface area (Å²) in [6, 6.07) is 0. The van der Waals surface area contributed by atoms with Crippen molar-refractivity contribution in [2.45, 2.75) is 25.7 Å². The van der Waals surface area contributed by atoms with Gasteiger partial charge < -0.3 is 9.84 Å². The Morgan fingerprint density at radius 3 is 2.50 bits per heavy atom. The van der Waals surface area contributed by atoms with Crippen LogP contribution in [0.3, 0.4) is 0 Å². The molecule has 0 amide bonds. The van der Waals surface area contributed by atoms with Crippen LogP contribution in [0.15, 0.2) is 0 Å². The largest absolute Gasteiger partial charge is 0.468 e. The quantitative estimate of drug-likeness (QED) is 0.464. The second-order valence-electron chi connectivity index (χ2n) is 3.45. The van der Waals surface area contributed by atoms with E-state index in [0.29, 0.717) is 6.54 Å². The average Bonchev–Trinajstić information content (AvgIpc) is 2.17. The van der Waals surface area contributed by atoms with Crippen LogP contribution >= 0.6 is 0 Å². The van der Waals surface area contributed by atoms with E-state index in [0.717, 1.165) is 32.2 Å². The first-order valence-electron chi connectivity index (χ1n) is 5.07. The number of methoxy groups -OCH3 is 1. The van der Waals surface area contributed by atoms with E-state index < -0.39 is 0 Å². The van der Waals surface area contributed by atoms with Crippen molar-refractivity contribution < 1.29 is 14.6 Å². The van der Waals surface area contributed by atoms with E-state index in [-0.39, 0.29) is 12.6 Å². The van der Waals surface area contributed by atoms with Gasteiger partial charge in [0.1, 0.15) is 0 Å². The fourth-order valence-electron chi connectivity index (χ4n) is 1.21. The van der Waals surface area contributed by atoms with E-state index >= 15 is 0 Å². The molecule has 0 saturated heterocycles. The molecule has 1 N–H and O–H groups in total. The summed E-state index contributed by atoms with van der Waals surface area (Å²) in [5, 5.41) is 8.55. The molecule has 0 spiro atoms. The summed E-state index contributed by atoms with van der Waals surface area (Å²) in [5.41, 5.74) is 0. The van der Waals surface area contributed by atoms with Crippen LogP contribution in [-0.4, -0.2) is 49.8 Å². The maximum Gasteiger partial charge on any atom is 0.319 e. The number of hydrogen-bond acceptors (Lipinski definition) is 4. The molecular formula is C10H21NO3. The summed E-state index contributed by atoms with van der Waals surface area (Å²) < 4.78 is 4.55. The molecule has 0 aromatic rings. The number of ether oxygens (including phenoxy) is 1. The third-order valence-corrected chi connectivity index (χ3v) is 2.07. The molecule has 0 atom stereocenters. The predicted octanol–water partition coefficient (Wildman–Crippen LogP) is 0.644. The minimum Gasteiger partial charge on any atom is -0.468 e. The van der Waals surface area contributed by atoms with Gasteiger partial charge in [-0.1, -0.05) is 12.8 Å². The van der Waals surface area contributed by atoms with Crippen LogP contribution in [0, 0.1) is 0 Å². The predicted molar refractivity (Wildman–Crippen MR) is 55.1 cm³/mol. The molecule has 14 heavy (non-hydrogen) atoms. The first-order valence-corrected chi connectivity index (χ1v) is 5.07. The lowest BCUT2D eigenvalue weighted by Gasteiger charge is -2.14. The number of rotatable bonds is 8. The molecule has 4 nitrogen and oxygen atoms in total. The number of unbranched alkanes of at least 4 members (excludes halogenated alkanes) is 3. The molecule has 4 heteroatoms. The maximum absolute atomic E-state index is 10.9. The topological polar surface area (TPSA) is 49.8 Å². The van der Waals surface area contributed by atoms with Crippen molar-refractivity contribution in [2.75, 3.05) is 33.9 Å². The molecule has 0 fully saturated rings. The first kappa shape index (κ1) is 13.4. The van der Waals surface area contributed by atoms with Gasteiger partial charge in [0.2, 0.25) is 0 Å². The Balaban J connectivity index is 3.26. The Hall–Kier alpha value is -0.610. The number of nitrogens with zero attached hydrogens (tertiary/aromatic N) is 1. The number of hydrogen-bond donors (Lipinski definition) is 1. The Morgan fingerprint density at radius 2 is 1.93 bits per heavy atom. The van der Waals surface area contributed by atoms with Gasteiger partial charge in [-0.25, -0.2) is 0 Å². The number of aliphatic hydroxyl groups excluding tert-OH is 1. The number of likely N-dealkylation sites (N-methyl/N-ethyl adjacent to an activating group) is 1. The molecule has 0 unspecified atom stereocenters. The van der Waals surface area contributed by atoms with Gasteiger partial charge >= 0.3 is 5.97 Å². The van der Waals surface area contributed by atoms with Gasteiger partial charge in [-0.2, -0.15) is 0 Å². The van der Waals surface area contributed by atoms with E-state index in [2.05, 4.69) is 4.74 Å². The first-order chi connectivity index (χ1) is 6.70. The molecule has 0 aliphatic rings. The summed E-state index contributed by atoms with van der Waals surface area (Å²) in [5.74, 6) is -0.192. The molecule has 0 bridgehead atoms. The molecule has 0 saturated carbocycles. The van der Waals surface area contributed by atoms with E-state index in [9.17, 15) is 4.79 Å². The van der Waals surface area contributed by atoms with E-state index in [1.54, 1.807) is 0 Å². The third kappa shape index (κ3) is 8.01. The van der Waals surface area contributed by atoms with Gasteiger partial charge in [0.25, 0.3) is 0 Å². The highest BCUT2D eigenvalue weighted by Crippen LogP contribution is 2.00. The molecule has 84 valence electrons. The SMILES string of the molecule is COC(=O)CN(C)CCCCCCO. The van der Waals surface area contributed by atoms with E-state index in [4.69, 9.17) is 5.11 Å². The molecule has 0 rings (SSSR count). The molecule has 0 aliphatic carbocycles. The van der Waals surface area contributed by atoms with Gasteiger partial charge in [0.15, 0.2) is 0 Å². The van der Waals surface area contributed by atoms with Crippen molar-refractivity contribution in [2.24, 2.45) is 0 Å². The minimum atomic E-state index is -0.192. The van der Waals surface area contributed by atoms with Crippen LogP contribution in [0.5, 0.6) is 0 Å². The van der Waals surface area contributed by atoms with Crippen LogP contribution in [0.1, 0.15) is 25.7 Å². The Labute approximate surface area is 85.9 Å². The van der Waals surface area contributed by atoms with Crippen LogP contribution < -0.4 is 0 Å². The normalized spacial score (nSPS) is 10.6. The second-order valence-corrected chi connectivity index (χ2v) is 3.45. The zero-order chi connectivity index (χ0) is 10.8. The minimum absolute atomic E-state index is 0.192. The van der Waals surface area contributed by atoms with Gasteiger partial charge in [-0.15, -0.1) is 0 Å². The summed E-state index contributed by atoms with van der Waals surface area (Å²) in [4.78, 5) is 12.8. The fourth-order valence-corrected chi connectivity index (χ4v) is 1.21. The molecule has 0 aromatic heterocycles. The summed E-state index contributed by atoms with van der Waals surface area (Å²) in [6.45, 7) is 1.54. The van der Waals surface area contributed by atoms with Crippen molar-refractivity contribution in [1.29, 1.82) is 0 Å². The number of aliphatic hydroxyl groups is 1. The standard InChI is InChI=1S/C10H21NO3/c1-11(9-10(13)14-2)7-5-3-4-6-8-12/h12H,3-9H2,1-2H3. The molecular weight excluding hydrogens is 182 g/mol. The van der Waals surface area contributed by atoms with Gasteiger partial charge in [0, 0.05) is 6.61 Å². The highest BCUT2D eigenvalue weighted by atomic mass is 16.5. The lowest BCUT2D eigenvalue weighted by atomic mass is 10.2. The van der Waals surface area contributed by atoms with Gasteiger partial charge in [0.05, 0.1) is 13.7 Å². The van der Waals surface area contributed by atoms with Crippen LogP contribution in [0.4, 0.5) is 0 Å². The van der Waals surface area contributed by atoms with Crippen molar-refractivity contribution in [3.05, 3.63) is 0 Å². The van der Waals surface area contributed by atoms with Crippen LogP contribution in [0.25, 0.3) is 0 Å². The molecule has 0 aromatic carbocycles. The van der Waals surface area contributed by atoms with Gasteiger partial charge in [-0.05, 0) is 26.4 Å². The summed E-state index contributed by atoms with van der Waals surface area (Å²) in [7, 11) is 3.31. The molecule has 0 radical (unpaired) electrons. The van der Waals surface area contributed by atoms with E-state index in [1.165, 1.54) is 7.11 Å². The molecule has 0 aliphatic heterocycles. The monoisotopic (exact) mass is 203 g/mol. The highest BCUT2D eigenvalue weighted by molar-refractivity contribution is 5.71. The van der Waals surface area contributed by atoms with Crippen molar-refractivity contribution in [3.63, 3.8) is 0 Å². The zero-order valence-electron chi connectivity index (χ0n) is 9.16. The highest BCUT2D eigenvalue weighted by Gasteiger charge is 2.04. The Kier molecular flexibility index (Phi) is 8.57. The lowest BCUT2D eigenvalue weighted by Crippen LogP contribution is -2.27. The average molecular weight is 203 g/mol. The number of carbonyl (C=O) groups excluding carboxylic acids is 1. The number of esters is 1. The maximum atomic E-state index is 10.9. The Morgan fingerprint density at radius 1 is 1.29 bits per heavy atom. The second kappa shape index (κ2) is 8.97. The van der Waals surface area contributed by atoms with Crippen LogP contribution in [0.2, 0.25) is 0 Å². The third-order valence-electron chi connectivity index (χ3n) is 2.07. The van der Waals surface area contributed by atoms with Gasteiger partial charge in [-0.3, -0.25) is 9.69 Å². The van der Waals surface area contributed by atoms with Crippen molar-refractivity contribution in [3.8, 4) is 0 Å². The smallest absolute Gasteiger partial charge is 0.319 e. The summed E-state index contributed by atoms with van der Waals surface area (Å²) in [6.07, 6.45) is 4.10. The van der Waals surface area contributed by atoms with Crippen LogP contribution in [-0.2, 0) is 9.53 Å². The van der Waals surface area contributed by atoms with Crippen molar-refractivity contribution >= 4 is 5.97 Å². The van der Waals surface area contributed by atoms with E-state index in [1.807, 2.05) is 11.9 Å².